The number of hydrogen-bond donors (Lipinski definition) is 2. The van der Waals surface area contributed by atoms with Crippen LogP contribution in [-0.4, -0.2) is 63.7 Å². The van der Waals surface area contributed by atoms with Crippen LogP contribution in [0, 0.1) is 11.8 Å². The summed E-state index contributed by atoms with van der Waals surface area (Å²) < 4.78 is 41.0. The van der Waals surface area contributed by atoms with E-state index in [4.69, 9.17) is 21.1 Å². The van der Waals surface area contributed by atoms with Gasteiger partial charge in [0.2, 0.25) is 10.0 Å². The Balaban J connectivity index is 1.40. The zero-order chi connectivity index (χ0) is 30.2. The normalized spacial score (nSPS) is 31.0. The van der Waals surface area contributed by atoms with Gasteiger partial charge in [-0.05, 0) is 105 Å². The first-order chi connectivity index (χ1) is 20.7. The summed E-state index contributed by atoms with van der Waals surface area (Å²) in [5.74, 6) is 0.386. The van der Waals surface area contributed by atoms with Gasteiger partial charge in [0, 0.05) is 35.7 Å². The number of hydrogen-bond acceptors (Lipinski definition) is 7. The van der Waals surface area contributed by atoms with Crippen LogP contribution >= 0.6 is 11.6 Å². The number of anilines is 1. The summed E-state index contributed by atoms with van der Waals surface area (Å²) in [6, 6.07) is 11.3. The number of aliphatic hydroxyl groups is 1. The van der Waals surface area contributed by atoms with Crippen LogP contribution in [0.3, 0.4) is 0 Å². The highest BCUT2D eigenvalue weighted by Gasteiger charge is 2.44. The zero-order valence-electron chi connectivity index (χ0n) is 24.6. The smallest absolute Gasteiger partial charge is 0.264 e. The van der Waals surface area contributed by atoms with Gasteiger partial charge in [0.1, 0.15) is 11.0 Å². The third-order valence-corrected chi connectivity index (χ3v) is 11.8. The number of fused-ring (bicyclic) bond motifs is 4. The third kappa shape index (κ3) is 6.19. The molecule has 1 fully saturated rings. The number of aliphatic hydroxyl groups excluding tert-OH is 1. The molecule has 1 saturated carbocycles. The number of ether oxygens (including phenoxy) is 2. The number of nitrogens with zero attached hydrogens (tertiary/aromatic N) is 1. The Labute approximate surface area is 259 Å². The molecule has 2 N–H and O–H groups in total. The molecule has 2 aliphatic heterocycles. The predicted molar refractivity (Wildman–Crippen MR) is 167 cm³/mol. The Kier molecular flexibility index (Phi) is 8.79. The molecule has 43 heavy (non-hydrogen) atoms. The molecule has 4 aliphatic rings. The molecule has 0 aromatic heterocycles. The lowest BCUT2D eigenvalue weighted by Gasteiger charge is -2.45. The lowest BCUT2D eigenvalue weighted by Crippen LogP contribution is -2.49. The molecule has 1 spiro atoms. The summed E-state index contributed by atoms with van der Waals surface area (Å²) in [5.41, 5.74) is 3.26. The van der Waals surface area contributed by atoms with Crippen LogP contribution in [0.5, 0.6) is 5.75 Å². The van der Waals surface area contributed by atoms with Gasteiger partial charge in [-0.25, -0.2) is 13.1 Å². The lowest BCUT2D eigenvalue weighted by atomic mass is 9.68. The molecule has 5 atom stereocenters. The molecule has 0 radical (unpaired) electrons. The fourth-order valence-corrected chi connectivity index (χ4v) is 8.78. The minimum absolute atomic E-state index is 0.0131. The van der Waals surface area contributed by atoms with Crippen molar-refractivity contribution in [1.82, 2.24) is 4.72 Å². The number of allylic oxidation sites excluding steroid dienone is 1. The van der Waals surface area contributed by atoms with Gasteiger partial charge in [-0.3, -0.25) is 4.79 Å². The molecule has 0 saturated heterocycles. The molecular formula is C33H41ClN2O6S. The predicted octanol–water partition coefficient (Wildman–Crippen LogP) is 5.01. The first kappa shape index (κ1) is 30.4. The SMILES string of the molecule is CCOC[C@H]1CC/C=C\[C@H](O)[C@@H]2CC[C@H]2CN2C[C@@]3(CCCc4cc(Cl)ccc43)COc3ccc(cc32)C(=O)NS1(=O)=O. The van der Waals surface area contributed by atoms with Crippen molar-refractivity contribution in [3.05, 3.63) is 70.3 Å². The quantitative estimate of drug-likeness (QED) is 0.460. The number of carbonyl (C=O) groups excluding carboxylic acids is 1. The Bertz CT molecular complexity index is 1500. The Morgan fingerprint density at radius 2 is 2.05 bits per heavy atom. The van der Waals surface area contributed by atoms with E-state index < -0.39 is 27.3 Å². The van der Waals surface area contributed by atoms with E-state index in [1.165, 1.54) is 11.1 Å². The third-order valence-electron chi connectivity index (χ3n) is 9.84. The first-order valence-corrected chi connectivity index (χ1v) is 17.4. The maximum absolute atomic E-state index is 13.4. The standard InChI is InChI=1S/C33H41ClN2O6S/c1-2-41-19-26-7-3-4-8-30(37)27-12-9-24(27)18-36-20-33(15-5-6-22-16-25(34)11-13-28(22)33)21-42-31-14-10-23(17-29(31)36)32(38)35-43(26,39)40/h4,8,10-11,13-14,16-17,24,26-27,30,37H,2-3,5-7,9,12,15,18-21H2,1H3,(H,35,38)/b8-4-/t24-,26+,27+,30-,33-/m0/s1. The average molecular weight is 629 g/mol. The first-order valence-electron chi connectivity index (χ1n) is 15.5. The highest BCUT2D eigenvalue weighted by molar-refractivity contribution is 7.90. The number of carbonyl (C=O) groups is 1. The summed E-state index contributed by atoms with van der Waals surface area (Å²) in [4.78, 5) is 15.7. The van der Waals surface area contributed by atoms with E-state index in [2.05, 4.69) is 21.8 Å². The number of amides is 1. The molecule has 2 bridgehead atoms. The van der Waals surface area contributed by atoms with Gasteiger partial charge >= 0.3 is 0 Å². The van der Waals surface area contributed by atoms with Crippen LogP contribution in [0.25, 0.3) is 0 Å². The number of nitrogens with one attached hydrogen (secondary N) is 1. The molecule has 2 aromatic rings. The Morgan fingerprint density at radius 1 is 1.19 bits per heavy atom. The van der Waals surface area contributed by atoms with Gasteiger partial charge < -0.3 is 19.5 Å². The molecular weight excluding hydrogens is 588 g/mol. The van der Waals surface area contributed by atoms with Crippen molar-refractivity contribution in [2.24, 2.45) is 11.8 Å². The van der Waals surface area contributed by atoms with E-state index in [0.717, 1.165) is 42.8 Å². The fourth-order valence-electron chi connectivity index (χ4n) is 7.32. The Morgan fingerprint density at radius 3 is 2.84 bits per heavy atom. The fraction of sp³-hybridized carbons (Fsp3) is 0.545. The van der Waals surface area contributed by atoms with Gasteiger partial charge in [0.05, 0.1) is 25.0 Å². The highest BCUT2D eigenvalue weighted by atomic mass is 35.5. The van der Waals surface area contributed by atoms with Crippen molar-refractivity contribution < 1.29 is 27.8 Å². The number of benzene rings is 2. The molecule has 1 amide bonds. The second-order valence-corrected chi connectivity index (χ2v) is 14.9. The second kappa shape index (κ2) is 12.4. The lowest BCUT2D eigenvalue weighted by molar-refractivity contribution is 0.0456. The van der Waals surface area contributed by atoms with Gasteiger partial charge in [-0.15, -0.1) is 0 Å². The summed E-state index contributed by atoms with van der Waals surface area (Å²) in [7, 11) is -4.02. The summed E-state index contributed by atoms with van der Waals surface area (Å²) in [6.07, 6.45) is 8.69. The van der Waals surface area contributed by atoms with E-state index in [0.29, 0.717) is 38.5 Å². The van der Waals surface area contributed by atoms with Crippen LogP contribution in [-0.2, 0) is 26.6 Å². The minimum atomic E-state index is -4.02. The van der Waals surface area contributed by atoms with Gasteiger partial charge in [-0.1, -0.05) is 29.8 Å². The van der Waals surface area contributed by atoms with Crippen molar-refractivity contribution in [3.63, 3.8) is 0 Å². The molecule has 6 rings (SSSR count). The average Bonchev–Trinajstić information content (AvgIpc) is 3.11. The number of halogens is 1. The maximum atomic E-state index is 13.4. The van der Waals surface area contributed by atoms with E-state index in [9.17, 15) is 18.3 Å². The topological polar surface area (TPSA) is 105 Å². The molecule has 2 aliphatic carbocycles. The van der Waals surface area contributed by atoms with Crippen LogP contribution in [0.2, 0.25) is 5.02 Å². The number of rotatable bonds is 3. The Hall–Kier alpha value is -2.59. The van der Waals surface area contributed by atoms with Crippen molar-refractivity contribution >= 4 is 33.2 Å². The maximum Gasteiger partial charge on any atom is 0.264 e. The molecule has 0 unspecified atom stereocenters. The highest BCUT2D eigenvalue weighted by Crippen LogP contribution is 2.46. The molecule has 10 heteroatoms. The van der Waals surface area contributed by atoms with Crippen LogP contribution in [0.4, 0.5) is 5.69 Å². The number of aryl methyl sites for hydroxylation is 1. The summed E-state index contributed by atoms with van der Waals surface area (Å²) >= 11 is 6.39. The van der Waals surface area contributed by atoms with E-state index >= 15 is 0 Å². The van der Waals surface area contributed by atoms with E-state index in [1.807, 2.05) is 18.2 Å². The van der Waals surface area contributed by atoms with Crippen molar-refractivity contribution in [2.45, 2.75) is 68.6 Å². The van der Waals surface area contributed by atoms with Gasteiger partial charge in [0.25, 0.3) is 5.91 Å². The molecule has 8 nitrogen and oxygen atoms in total. The zero-order valence-corrected chi connectivity index (χ0v) is 26.2. The summed E-state index contributed by atoms with van der Waals surface area (Å²) in [5, 5.41) is 11.0. The monoisotopic (exact) mass is 628 g/mol. The van der Waals surface area contributed by atoms with E-state index in [1.54, 1.807) is 25.1 Å². The van der Waals surface area contributed by atoms with Crippen LogP contribution in [0.15, 0.2) is 48.6 Å². The minimum Gasteiger partial charge on any atom is -0.490 e. The van der Waals surface area contributed by atoms with Gasteiger partial charge in [-0.2, -0.15) is 0 Å². The van der Waals surface area contributed by atoms with Crippen molar-refractivity contribution in [3.8, 4) is 5.75 Å². The van der Waals surface area contributed by atoms with Crippen molar-refractivity contribution in [2.75, 3.05) is 37.8 Å². The van der Waals surface area contributed by atoms with Crippen LogP contribution < -0.4 is 14.4 Å². The summed E-state index contributed by atoms with van der Waals surface area (Å²) in [6.45, 7) is 4.04. The van der Waals surface area contributed by atoms with E-state index in [-0.39, 0.29) is 35.8 Å². The molecule has 232 valence electrons. The second-order valence-electron chi connectivity index (χ2n) is 12.5. The molecule has 2 aromatic carbocycles. The number of sulfonamides is 1. The molecule has 2 heterocycles. The van der Waals surface area contributed by atoms with Gasteiger partial charge in [0.15, 0.2) is 0 Å². The van der Waals surface area contributed by atoms with Crippen LogP contribution in [0.1, 0.15) is 66.9 Å². The largest absolute Gasteiger partial charge is 0.490 e. The van der Waals surface area contributed by atoms with Crippen molar-refractivity contribution in [1.29, 1.82) is 0 Å².